The summed E-state index contributed by atoms with van der Waals surface area (Å²) in [5, 5.41) is 22.6. The summed E-state index contributed by atoms with van der Waals surface area (Å²) in [6.45, 7) is 2.94. The minimum absolute atomic E-state index is 0.0133. The van der Waals surface area contributed by atoms with Crippen molar-refractivity contribution in [3.63, 3.8) is 0 Å². The molecule has 0 aromatic rings. The Balaban J connectivity index is 2.25. The summed E-state index contributed by atoms with van der Waals surface area (Å²) in [6, 6.07) is 0. The van der Waals surface area contributed by atoms with Crippen LogP contribution < -0.4 is 0 Å². The minimum atomic E-state index is -1.31. The van der Waals surface area contributed by atoms with Crippen molar-refractivity contribution in [2.24, 2.45) is 5.11 Å². The SMILES string of the molecule is CC1(C)O[C@@H]2C(CN=[N+]=[N-])OC(O)C2(CO)O1. The molecule has 17 heavy (non-hydrogen) atoms. The van der Waals surface area contributed by atoms with Gasteiger partial charge in [-0.15, -0.1) is 0 Å². The van der Waals surface area contributed by atoms with Crippen molar-refractivity contribution in [3.05, 3.63) is 10.4 Å². The van der Waals surface area contributed by atoms with Gasteiger partial charge >= 0.3 is 0 Å². The molecule has 0 spiro atoms. The van der Waals surface area contributed by atoms with Gasteiger partial charge in [0, 0.05) is 4.91 Å². The molecular weight excluding hydrogens is 230 g/mol. The average Bonchev–Trinajstić information content (AvgIpc) is 2.68. The molecule has 2 aliphatic rings. The van der Waals surface area contributed by atoms with E-state index in [0.717, 1.165) is 0 Å². The van der Waals surface area contributed by atoms with Gasteiger partial charge in [0.2, 0.25) is 0 Å². The second kappa shape index (κ2) is 4.09. The summed E-state index contributed by atoms with van der Waals surface area (Å²) in [6.07, 6.45) is -2.60. The molecule has 2 saturated heterocycles. The van der Waals surface area contributed by atoms with E-state index >= 15 is 0 Å². The average molecular weight is 245 g/mol. The van der Waals surface area contributed by atoms with Crippen molar-refractivity contribution in [2.75, 3.05) is 13.2 Å². The van der Waals surface area contributed by atoms with Crippen molar-refractivity contribution in [1.82, 2.24) is 0 Å². The predicted molar refractivity (Wildman–Crippen MR) is 54.7 cm³/mol. The minimum Gasteiger partial charge on any atom is -0.393 e. The molecule has 2 aliphatic heterocycles. The number of ether oxygens (including phenoxy) is 3. The summed E-state index contributed by atoms with van der Waals surface area (Å²) in [5.74, 6) is -0.924. The molecule has 8 nitrogen and oxygen atoms in total. The lowest BCUT2D eigenvalue weighted by atomic mass is 9.96. The molecule has 0 radical (unpaired) electrons. The van der Waals surface area contributed by atoms with E-state index in [2.05, 4.69) is 10.0 Å². The first-order valence-corrected chi connectivity index (χ1v) is 5.28. The zero-order valence-corrected chi connectivity index (χ0v) is 9.61. The monoisotopic (exact) mass is 245 g/mol. The van der Waals surface area contributed by atoms with E-state index < -0.39 is 36.5 Å². The van der Waals surface area contributed by atoms with Gasteiger partial charge in [-0.25, -0.2) is 0 Å². The quantitative estimate of drug-likeness (QED) is 0.409. The third-order valence-corrected chi connectivity index (χ3v) is 2.96. The van der Waals surface area contributed by atoms with Gasteiger partial charge in [0.25, 0.3) is 0 Å². The summed E-state index contributed by atoms with van der Waals surface area (Å²) in [5.41, 5.74) is 6.97. The molecule has 2 heterocycles. The van der Waals surface area contributed by atoms with Crippen LogP contribution in [0.1, 0.15) is 13.8 Å². The first kappa shape index (κ1) is 12.6. The maximum Gasteiger partial charge on any atom is 0.189 e. The van der Waals surface area contributed by atoms with Crippen molar-refractivity contribution < 1.29 is 24.4 Å². The normalized spacial score (nSPS) is 43.2. The van der Waals surface area contributed by atoms with Crippen LogP contribution in [0.2, 0.25) is 0 Å². The Kier molecular flexibility index (Phi) is 3.03. The molecule has 0 aromatic carbocycles. The number of hydrogen-bond acceptors (Lipinski definition) is 6. The topological polar surface area (TPSA) is 117 Å². The standard InChI is InChI=1S/C9H15N3O5/c1-8(2)16-6-5(3-11-12-10)15-7(14)9(6,4-13)17-8/h5-7,13-14H,3-4H2,1-2H3/t5?,6-,7?,9?/m1/s1. The molecule has 0 bridgehead atoms. The van der Waals surface area contributed by atoms with E-state index in [1.165, 1.54) is 0 Å². The van der Waals surface area contributed by atoms with Crippen LogP contribution in [-0.2, 0) is 14.2 Å². The Morgan fingerprint density at radius 3 is 2.76 bits per heavy atom. The van der Waals surface area contributed by atoms with Crippen molar-refractivity contribution in [3.8, 4) is 0 Å². The fourth-order valence-electron chi connectivity index (χ4n) is 2.33. The number of nitrogens with zero attached hydrogens (tertiary/aromatic N) is 3. The second-order valence-electron chi connectivity index (χ2n) is 4.59. The molecular formula is C9H15N3O5. The highest BCUT2D eigenvalue weighted by Gasteiger charge is 2.65. The molecule has 0 aliphatic carbocycles. The van der Waals surface area contributed by atoms with E-state index in [1.807, 2.05) is 0 Å². The van der Waals surface area contributed by atoms with Gasteiger partial charge in [0.15, 0.2) is 17.7 Å². The lowest BCUT2D eigenvalue weighted by Gasteiger charge is -2.27. The molecule has 2 fully saturated rings. The van der Waals surface area contributed by atoms with Crippen LogP contribution in [0.3, 0.4) is 0 Å². The largest absolute Gasteiger partial charge is 0.393 e. The maximum absolute atomic E-state index is 9.83. The van der Waals surface area contributed by atoms with Gasteiger partial charge in [-0.2, -0.15) is 0 Å². The number of aliphatic hydroxyl groups excluding tert-OH is 2. The first-order chi connectivity index (χ1) is 7.95. The fraction of sp³-hybridized carbons (Fsp3) is 1.00. The van der Waals surface area contributed by atoms with Crippen LogP contribution in [0.15, 0.2) is 5.11 Å². The lowest BCUT2D eigenvalue weighted by molar-refractivity contribution is -0.251. The molecule has 4 atom stereocenters. The summed E-state index contributed by atoms with van der Waals surface area (Å²) >= 11 is 0. The molecule has 0 saturated carbocycles. The van der Waals surface area contributed by atoms with E-state index in [4.69, 9.17) is 19.7 Å². The number of hydrogen-bond donors (Lipinski definition) is 2. The van der Waals surface area contributed by atoms with Gasteiger partial charge in [0.05, 0.1) is 19.3 Å². The Morgan fingerprint density at radius 2 is 2.18 bits per heavy atom. The predicted octanol–water partition coefficient (Wildman–Crippen LogP) is -0.104. The molecule has 8 heteroatoms. The van der Waals surface area contributed by atoms with Crippen LogP contribution in [0, 0.1) is 0 Å². The summed E-state index contributed by atoms with van der Waals surface area (Å²) in [7, 11) is 0. The number of aliphatic hydroxyl groups is 2. The number of fused-ring (bicyclic) bond motifs is 1. The van der Waals surface area contributed by atoms with Crippen LogP contribution >= 0.6 is 0 Å². The molecule has 0 aromatic heterocycles. The van der Waals surface area contributed by atoms with Crippen molar-refractivity contribution in [2.45, 2.75) is 43.7 Å². The van der Waals surface area contributed by atoms with Gasteiger partial charge in [-0.3, -0.25) is 0 Å². The van der Waals surface area contributed by atoms with E-state index in [9.17, 15) is 10.2 Å². The lowest BCUT2D eigenvalue weighted by Crippen LogP contribution is -2.50. The Labute approximate surface area is 97.7 Å². The van der Waals surface area contributed by atoms with Crippen LogP contribution in [-0.4, -0.2) is 53.3 Å². The number of rotatable bonds is 3. The summed E-state index contributed by atoms with van der Waals surface area (Å²) < 4.78 is 16.3. The van der Waals surface area contributed by atoms with E-state index in [-0.39, 0.29) is 6.54 Å². The summed E-state index contributed by atoms with van der Waals surface area (Å²) in [4.78, 5) is 2.63. The number of azide groups is 1. The molecule has 3 unspecified atom stereocenters. The van der Waals surface area contributed by atoms with Crippen molar-refractivity contribution in [1.29, 1.82) is 0 Å². The van der Waals surface area contributed by atoms with Crippen LogP contribution in [0.4, 0.5) is 0 Å². The smallest absolute Gasteiger partial charge is 0.189 e. The zero-order chi connectivity index (χ0) is 12.7. The molecule has 2 N–H and O–H groups in total. The highest BCUT2D eigenvalue weighted by molar-refractivity contribution is 5.07. The second-order valence-corrected chi connectivity index (χ2v) is 4.59. The van der Waals surface area contributed by atoms with Gasteiger partial charge in [0.1, 0.15) is 6.10 Å². The van der Waals surface area contributed by atoms with Crippen LogP contribution in [0.25, 0.3) is 10.4 Å². The molecule has 2 rings (SSSR count). The van der Waals surface area contributed by atoms with Crippen LogP contribution in [0.5, 0.6) is 0 Å². The Bertz CT molecular complexity index is 357. The van der Waals surface area contributed by atoms with Gasteiger partial charge < -0.3 is 24.4 Å². The Morgan fingerprint density at radius 1 is 1.47 bits per heavy atom. The first-order valence-electron chi connectivity index (χ1n) is 5.28. The van der Waals surface area contributed by atoms with Gasteiger partial charge in [-0.05, 0) is 19.4 Å². The Hall–Kier alpha value is -0.890. The third kappa shape index (κ3) is 1.89. The van der Waals surface area contributed by atoms with Gasteiger partial charge in [-0.1, -0.05) is 5.11 Å². The fourth-order valence-corrected chi connectivity index (χ4v) is 2.33. The maximum atomic E-state index is 9.83. The highest BCUT2D eigenvalue weighted by Crippen LogP contribution is 2.45. The molecule has 0 amide bonds. The molecule has 96 valence electrons. The zero-order valence-electron chi connectivity index (χ0n) is 9.61. The highest BCUT2D eigenvalue weighted by atomic mass is 16.8. The van der Waals surface area contributed by atoms with E-state index in [0.29, 0.717) is 0 Å². The van der Waals surface area contributed by atoms with Crippen molar-refractivity contribution >= 4 is 0 Å². The van der Waals surface area contributed by atoms with E-state index in [1.54, 1.807) is 13.8 Å². The third-order valence-electron chi connectivity index (χ3n) is 2.96.